The van der Waals surface area contributed by atoms with Crippen LogP contribution in [-0.4, -0.2) is 36.1 Å². The lowest BCUT2D eigenvalue weighted by atomic mass is 9.66. The van der Waals surface area contributed by atoms with Gasteiger partial charge in [-0.05, 0) is 38.0 Å². The zero-order chi connectivity index (χ0) is 14.0. The second kappa shape index (κ2) is 4.00. The summed E-state index contributed by atoms with van der Waals surface area (Å²) in [6.45, 7) is 7.40. The summed E-state index contributed by atoms with van der Waals surface area (Å²) in [7, 11) is 0. The van der Waals surface area contributed by atoms with E-state index in [-0.39, 0.29) is 10.8 Å². The van der Waals surface area contributed by atoms with Gasteiger partial charge in [0.15, 0.2) is 5.60 Å². The first kappa shape index (κ1) is 13.1. The molecule has 0 radical (unpaired) electrons. The van der Waals surface area contributed by atoms with Crippen LogP contribution in [0.25, 0.3) is 0 Å². The average Bonchev–Trinajstić information content (AvgIpc) is 2.79. The van der Waals surface area contributed by atoms with Gasteiger partial charge in [-0.3, -0.25) is 4.79 Å². The lowest BCUT2D eigenvalue weighted by molar-refractivity contribution is -0.167. The first-order valence-electron chi connectivity index (χ1n) is 8.47. The van der Waals surface area contributed by atoms with E-state index < -0.39 is 5.60 Å². The normalized spacial score (nSPS) is 50.5. The van der Waals surface area contributed by atoms with Crippen molar-refractivity contribution in [3.8, 4) is 0 Å². The van der Waals surface area contributed by atoms with E-state index >= 15 is 0 Å². The summed E-state index contributed by atoms with van der Waals surface area (Å²) in [4.78, 5) is 15.4. The Hall–Kier alpha value is -0.570. The largest absolute Gasteiger partial charge is 0.364 e. The Balaban J connectivity index is 1.66. The molecule has 0 aromatic carbocycles. The van der Waals surface area contributed by atoms with Crippen LogP contribution in [0.4, 0.5) is 0 Å². The fraction of sp³-hybridized carbons (Fsp3) is 0.941. The highest BCUT2D eigenvalue weighted by Crippen LogP contribution is 2.75. The van der Waals surface area contributed by atoms with Gasteiger partial charge in [-0.25, -0.2) is 0 Å². The van der Waals surface area contributed by atoms with Gasteiger partial charge in [-0.15, -0.1) is 0 Å². The topological polar surface area (TPSA) is 29.5 Å². The summed E-state index contributed by atoms with van der Waals surface area (Å²) in [6.07, 6.45) is 8.33. The molecule has 2 aliphatic heterocycles. The van der Waals surface area contributed by atoms with Gasteiger partial charge in [0.1, 0.15) is 0 Å². The quantitative estimate of drug-likeness (QED) is 0.737. The Morgan fingerprint density at radius 3 is 2.45 bits per heavy atom. The van der Waals surface area contributed by atoms with E-state index in [2.05, 4.69) is 18.7 Å². The second-order valence-corrected chi connectivity index (χ2v) is 8.01. The van der Waals surface area contributed by atoms with Crippen LogP contribution >= 0.6 is 0 Å². The number of nitrogens with zero attached hydrogens (tertiary/aromatic N) is 1. The molecule has 2 aliphatic carbocycles. The Labute approximate surface area is 122 Å². The van der Waals surface area contributed by atoms with Crippen LogP contribution < -0.4 is 0 Å². The minimum atomic E-state index is -0.477. The molecule has 0 unspecified atom stereocenters. The van der Waals surface area contributed by atoms with Crippen LogP contribution in [0, 0.1) is 16.7 Å². The highest BCUT2D eigenvalue weighted by molar-refractivity contribution is 5.88. The van der Waals surface area contributed by atoms with E-state index in [1.54, 1.807) is 0 Å². The van der Waals surface area contributed by atoms with Crippen LogP contribution in [0.5, 0.6) is 0 Å². The summed E-state index contributed by atoms with van der Waals surface area (Å²) >= 11 is 0. The van der Waals surface area contributed by atoms with Crippen molar-refractivity contribution in [3.05, 3.63) is 0 Å². The fourth-order valence-corrected chi connectivity index (χ4v) is 5.76. The van der Waals surface area contributed by atoms with Crippen molar-refractivity contribution >= 4 is 5.91 Å². The van der Waals surface area contributed by atoms with Crippen molar-refractivity contribution in [3.63, 3.8) is 0 Å². The molecule has 4 atom stereocenters. The molecule has 0 spiro atoms. The van der Waals surface area contributed by atoms with Crippen molar-refractivity contribution in [1.29, 1.82) is 0 Å². The Bertz CT molecular complexity index is 442. The molecule has 4 fully saturated rings. The first-order valence-corrected chi connectivity index (χ1v) is 8.47. The number of hydrogen-bond acceptors (Lipinski definition) is 2. The van der Waals surface area contributed by atoms with Crippen LogP contribution in [0.2, 0.25) is 0 Å². The number of amides is 1. The van der Waals surface area contributed by atoms with Crippen LogP contribution in [0.15, 0.2) is 0 Å². The van der Waals surface area contributed by atoms with Gasteiger partial charge < -0.3 is 9.64 Å². The van der Waals surface area contributed by atoms with E-state index in [4.69, 9.17) is 4.74 Å². The predicted octanol–water partition coefficient (Wildman–Crippen LogP) is 2.98. The van der Waals surface area contributed by atoms with Crippen molar-refractivity contribution in [2.45, 2.75) is 64.4 Å². The molecule has 4 rings (SSSR count). The van der Waals surface area contributed by atoms with Crippen LogP contribution in [-0.2, 0) is 9.53 Å². The van der Waals surface area contributed by atoms with Crippen molar-refractivity contribution < 1.29 is 9.53 Å². The van der Waals surface area contributed by atoms with E-state index in [9.17, 15) is 4.79 Å². The molecule has 3 heteroatoms. The van der Waals surface area contributed by atoms with E-state index in [0.717, 1.165) is 26.1 Å². The number of hydrogen-bond donors (Lipinski definition) is 0. The lowest BCUT2D eigenvalue weighted by Gasteiger charge is -2.42. The third-order valence-electron chi connectivity index (χ3n) is 7.44. The molecule has 2 heterocycles. The third kappa shape index (κ3) is 1.29. The monoisotopic (exact) mass is 277 g/mol. The fourth-order valence-electron chi connectivity index (χ4n) is 5.76. The van der Waals surface area contributed by atoms with Gasteiger partial charge in [0.25, 0.3) is 5.91 Å². The van der Waals surface area contributed by atoms with E-state index in [0.29, 0.717) is 11.8 Å². The van der Waals surface area contributed by atoms with Crippen LogP contribution in [0.3, 0.4) is 0 Å². The Morgan fingerprint density at radius 2 is 1.85 bits per heavy atom. The molecule has 0 aromatic heterocycles. The number of carbonyl (C=O) groups is 1. The smallest absolute Gasteiger partial charge is 0.255 e. The number of ether oxygens (including phenoxy) is 1. The summed E-state index contributed by atoms with van der Waals surface area (Å²) in [5, 5.41) is 0. The first-order chi connectivity index (χ1) is 9.54. The molecule has 4 aliphatic rings. The maximum atomic E-state index is 13.3. The number of rotatable bonds is 1. The maximum Gasteiger partial charge on any atom is 0.255 e. The zero-order valence-corrected chi connectivity index (χ0v) is 12.9. The third-order valence-corrected chi connectivity index (χ3v) is 7.44. The number of carbonyl (C=O) groups excluding carboxylic acids is 1. The van der Waals surface area contributed by atoms with E-state index in [1.807, 2.05) is 0 Å². The van der Waals surface area contributed by atoms with Crippen molar-refractivity contribution in [2.24, 2.45) is 16.7 Å². The maximum absolute atomic E-state index is 13.3. The molecule has 4 bridgehead atoms. The molecule has 3 nitrogen and oxygen atoms in total. The Morgan fingerprint density at radius 1 is 1.15 bits per heavy atom. The lowest BCUT2D eigenvalue weighted by Crippen LogP contribution is -2.56. The van der Waals surface area contributed by atoms with Gasteiger partial charge in [-0.1, -0.05) is 26.7 Å². The van der Waals surface area contributed by atoms with Gasteiger partial charge in [0.2, 0.25) is 0 Å². The standard InChI is InChI=1S/C17H27NO2/c1-15-12-20-17(11-13(15)7-8-16(15,17)2)14(19)18-9-5-3-4-6-10-18/h13H,3-12H2,1-2H3/t13-,15-,16+,17-/m0/s1. The van der Waals surface area contributed by atoms with Gasteiger partial charge in [-0.2, -0.15) is 0 Å². The molecule has 0 aromatic rings. The average molecular weight is 277 g/mol. The van der Waals surface area contributed by atoms with E-state index in [1.165, 1.54) is 38.5 Å². The van der Waals surface area contributed by atoms with Crippen LogP contribution in [0.1, 0.15) is 58.8 Å². The molecule has 112 valence electrons. The van der Waals surface area contributed by atoms with Gasteiger partial charge >= 0.3 is 0 Å². The molecule has 1 amide bonds. The summed E-state index contributed by atoms with van der Waals surface area (Å²) in [5.41, 5.74) is -0.155. The molecule has 0 N–H and O–H groups in total. The summed E-state index contributed by atoms with van der Waals surface area (Å²) < 4.78 is 6.24. The predicted molar refractivity (Wildman–Crippen MR) is 77.3 cm³/mol. The zero-order valence-electron chi connectivity index (χ0n) is 12.9. The molecule has 2 saturated heterocycles. The van der Waals surface area contributed by atoms with Gasteiger partial charge in [0, 0.05) is 23.9 Å². The molecule has 20 heavy (non-hydrogen) atoms. The minimum Gasteiger partial charge on any atom is -0.364 e. The SMILES string of the molecule is C[C@]12CC[C@H]3C[C@@]1(C(=O)N1CCCCCC1)OC[C@@]32C. The molecular weight excluding hydrogens is 250 g/mol. The highest BCUT2D eigenvalue weighted by Gasteiger charge is 2.78. The highest BCUT2D eigenvalue weighted by atomic mass is 16.5. The van der Waals surface area contributed by atoms with Crippen molar-refractivity contribution in [1.82, 2.24) is 4.90 Å². The van der Waals surface area contributed by atoms with Gasteiger partial charge in [0.05, 0.1) is 6.61 Å². The second-order valence-electron chi connectivity index (χ2n) is 8.01. The Kier molecular flexibility index (Phi) is 2.62. The summed E-state index contributed by atoms with van der Waals surface area (Å²) in [6, 6.07) is 0. The number of likely N-dealkylation sites (tertiary alicyclic amines) is 1. The van der Waals surface area contributed by atoms with Crippen molar-refractivity contribution in [2.75, 3.05) is 19.7 Å². The molecule has 2 saturated carbocycles. The minimum absolute atomic E-state index is 0.0774. The molecular formula is C17H27NO2. The summed E-state index contributed by atoms with van der Waals surface area (Å²) in [5.74, 6) is 1.03.